The normalized spacial score (nSPS) is 10.8. The van der Waals surface area contributed by atoms with Crippen molar-refractivity contribution >= 4 is 5.82 Å². The Balaban J connectivity index is 2.20. The monoisotopic (exact) mass is 278 g/mol. The van der Waals surface area contributed by atoms with Crippen molar-refractivity contribution in [2.75, 3.05) is 11.6 Å². The molecule has 0 saturated carbocycles. The summed E-state index contributed by atoms with van der Waals surface area (Å²) in [7, 11) is 0. The van der Waals surface area contributed by atoms with E-state index in [9.17, 15) is 0 Å². The van der Waals surface area contributed by atoms with Crippen LogP contribution in [-0.4, -0.2) is 9.66 Å². The van der Waals surface area contributed by atoms with Gasteiger partial charge in [-0.3, -0.25) is 0 Å². The molecule has 0 aliphatic heterocycles. The van der Waals surface area contributed by atoms with Crippen LogP contribution in [-0.2, 0) is 0 Å². The molecule has 0 atom stereocenters. The minimum Gasteiger partial charge on any atom is -0.382 e. The van der Waals surface area contributed by atoms with Crippen molar-refractivity contribution in [2.45, 2.75) is 13.8 Å². The van der Waals surface area contributed by atoms with E-state index >= 15 is 0 Å². The molecule has 0 bridgehead atoms. The fourth-order valence-corrected chi connectivity index (χ4v) is 2.44. The first kappa shape index (κ1) is 13.2. The zero-order chi connectivity index (χ0) is 15.0. The number of aromatic nitrogens is 2. The third kappa shape index (κ3) is 2.14. The Labute approximate surface area is 124 Å². The molecule has 0 aliphatic carbocycles. The zero-order valence-electron chi connectivity index (χ0n) is 12.2. The van der Waals surface area contributed by atoms with Crippen LogP contribution in [0.4, 0.5) is 5.82 Å². The van der Waals surface area contributed by atoms with Gasteiger partial charge < -0.3 is 11.6 Å². The number of rotatable bonds is 2. The van der Waals surface area contributed by atoms with Crippen molar-refractivity contribution < 1.29 is 0 Å². The summed E-state index contributed by atoms with van der Waals surface area (Å²) >= 11 is 0. The Morgan fingerprint density at radius 2 is 1.67 bits per heavy atom. The summed E-state index contributed by atoms with van der Waals surface area (Å²) < 4.78 is 1.45. The molecule has 0 spiro atoms. The molecular weight excluding hydrogens is 260 g/mol. The van der Waals surface area contributed by atoms with Crippen molar-refractivity contribution in [1.29, 1.82) is 0 Å². The lowest BCUT2D eigenvalue weighted by atomic mass is 10.0. The van der Waals surface area contributed by atoms with Crippen molar-refractivity contribution in [3.05, 3.63) is 59.7 Å². The van der Waals surface area contributed by atoms with Crippen LogP contribution in [0.15, 0.2) is 48.5 Å². The molecule has 4 N–H and O–H groups in total. The average molecular weight is 278 g/mol. The summed E-state index contributed by atoms with van der Waals surface area (Å²) in [6.07, 6.45) is 0. The van der Waals surface area contributed by atoms with Gasteiger partial charge in [0.2, 0.25) is 0 Å². The zero-order valence-corrected chi connectivity index (χ0v) is 12.2. The van der Waals surface area contributed by atoms with Gasteiger partial charge in [-0.2, -0.15) is 0 Å². The summed E-state index contributed by atoms with van der Waals surface area (Å²) in [5.41, 5.74) is 11.2. The molecular formula is C17H18N4. The third-order valence-corrected chi connectivity index (χ3v) is 3.84. The van der Waals surface area contributed by atoms with Gasteiger partial charge in [-0.05, 0) is 25.0 Å². The maximum atomic E-state index is 6.17. The first-order valence-corrected chi connectivity index (χ1v) is 6.85. The number of anilines is 1. The molecule has 0 fully saturated rings. The van der Waals surface area contributed by atoms with Gasteiger partial charge >= 0.3 is 0 Å². The summed E-state index contributed by atoms with van der Waals surface area (Å²) in [4.78, 5) is 4.66. The second kappa shape index (κ2) is 4.98. The van der Waals surface area contributed by atoms with Crippen molar-refractivity contribution in [1.82, 2.24) is 9.66 Å². The second-order valence-corrected chi connectivity index (χ2v) is 5.15. The van der Waals surface area contributed by atoms with Gasteiger partial charge in [0.1, 0.15) is 5.69 Å². The van der Waals surface area contributed by atoms with Crippen LogP contribution in [0.1, 0.15) is 11.1 Å². The van der Waals surface area contributed by atoms with Crippen LogP contribution < -0.4 is 11.6 Å². The molecule has 0 saturated heterocycles. The molecule has 0 amide bonds. The van der Waals surface area contributed by atoms with E-state index in [1.54, 1.807) is 0 Å². The molecule has 21 heavy (non-hydrogen) atoms. The van der Waals surface area contributed by atoms with Crippen LogP contribution >= 0.6 is 0 Å². The number of benzene rings is 2. The number of hydrogen-bond donors (Lipinski definition) is 2. The van der Waals surface area contributed by atoms with Gasteiger partial charge in [-0.15, -0.1) is 0 Å². The molecule has 0 aliphatic rings. The van der Waals surface area contributed by atoms with E-state index in [4.69, 9.17) is 11.6 Å². The summed E-state index contributed by atoms with van der Waals surface area (Å²) in [6.45, 7) is 4.15. The first-order valence-electron chi connectivity index (χ1n) is 6.85. The number of nitrogen functional groups attached to an aromatic ring is 2. The minimum absolute atomic E-state index is 0.475. The Kier molecular flexibility index (Phi) is 3.14. The fourth-order valence-electron chi connectivity index (χ4n) is 2.44. The van der Waals surface area contributed by atoms with Crippen molar-refractivity contribution in [3.63, 3.8) is 0 Å². The van der Waals surface area contributed by atoms with Gasteiger partial charge in [-0.25, -0.2) is 9.66 Å². The molecule has 2 aromatic carbocycles. The second-order valence-electron chi connectivity index (χ2n) is 5.15. The lowest BCUT2D eigenvalue weighted by Gasteiger charge is -2.06. The highest BCUT2D eigenvalue weighted by Gasteiger charge is 2.17. The largest absolute Gasteiger partial charge is 0.382 e. The topological polar surface area (TPSA) is 69.9 Å². The van der Waals surface area contributed by atoms with Gasteiger partial charge in [0.15, 0.2) is 11.6 Å². The van der Waals surface area contributed by atoms with Gasteiger partial charge in [-0.1, -0.05) is 48.5 Å². The van der Waals surface area contributed by atoms with Gasteiger partial charge in [0.05, 0.1) is 0 Å². The number of nitrogens with two attached hydrogens (primary N) is 2. The highest BCUT2D eigenvalue weighted by molar-refractivity contribution is 5.78. The average Bonchev–Trinajstić information content (AvgIpc) is 2.79. The first-order chi connectivity index (χ1) is 10.1. The van der Waals surface area contributed by atoms with Crippen LogP contribution in [0.3, 0.4) is 0 Å². The van der Waals surface area contributed by atoms with Crippen LogP contribution in [0.5, 0.6) is 0 Å². The molecule has 4 nitrogen and oxygen atoms in total. The Bertz CT molecular complexity index is 788. The summed E-state index contributed by atoms with van der Waals surface area (Å²) in [6, 6.07) is 15.9. The predicted molar refractivity (Wildman–Crippen MR) is 87.1 cm³/mol. The van der Waals surface area contributed by atoms with Gasteiger partial charge in [0.25, 0.3) is 0 Å². The number of aryl methyl sites for hydroxylation is 1. The molecule has 1 heterocycles. The smallest absolute Gasteiger partial charge is 0.160 e. The summed E-state index contributed by atoms with van der Waals surface area (Å²) in [5.74, 6) is 7.24. The minimum atomic E-state index is 0.475. The van der Waals surface area contributed by atoms with E-state index in [-0.39, 0.29) is 0 Å². The third-order valence-electron chi connectivity index (χ3n) is 3.84. The highest BCUT2D eigenvalue weighted by atomic mass is 15.4. The van der Waals surface area contributed by atoms with Gasteiger partial charge in [0, 0.05) is 11.1 Å². The van der Waals surface area contributed by atoms with Crippen LogP contribution in [0.2, 0.25) is 0 Å². The lowest BCUT2D eigenvalue weighted by molar-refractivity contribution is 1.02. The quantitative estimate of drug-likeness (QED) is 0.707. The van der Waals surface area contributed by atoms with E-state index in [1.807, 2.05) is 42.5 Å². The molecule has 1 aromatic heterocycles. The molecule has 0 radical (unpaired) electrons. The van der Waals surface area contributed by atoms with Crippen LogP contribution in [0, 0.1) is 13.8 Å². The summed E-state index contributed by atoms with van der Waals surface area (Å²) in [5, 5.41) is 0. The van der Waals surface area contributed by atoms with Crippen LogP contribution in [0.25, 0.3) is 22.6 Å². The van der Waals surface area contributed by atoms with E-state index in [2.05, 4.69) is 24.9 Å². The Hall–Kier alpha value is -2.75. The number of nitrogens with zero attached hydrogens (tertiary/aromatic N) is 2. The SMILES string of the molecule is Cc1cccc(-c2nc(-c3ccccc3)n(N)c2N)c1C. The molecule has 3 aromatic rings. The maximum absolute atomic E-state index is 6.17. The number of imidazole rings is 1. The van der Waals surface area contributed by atoms with E-state index in [0.29, 0.717) is 11.6 Å². The molecule has 106 valence electrons. The fraction of sp³-hybridized carbons (Fsp3) is 0.118. The predicted octanol–water partition coefficient (Wildman–Crippen LogP) is 3.13. The molecule has 3 rings (SSSR count). The standard InChI is InChI=1S/C17H18N4/c1-11-7-6-10-14(12(11)2)15-16(18)21(19)17(20-15)13-8-4-3-5-9-13/h3-10H,18-19H2,1-2H3. The number of hydrogen-bond acceptors (Lipinski definition) is 3. The van der Waals surface area contributed by atoms with Crippen molar-refractivity contribution in [3.8, 4) is 22.6 Å². The molecule has 0 unspecified atom stereocenters. The van der Waals surface area contributed by atoms with Crippen molar-refractivity contribution in [2.24, 2.45) is 0 Å². The Morgan fingerprint density at radius 3 is 2.38 bits per heavy atom. The van der Waals surface area contributed by atoms with E-state index in [1.165, 1.54) is 15.8 Å². The maximum Gasteiger partial charge on any atom is 0.160 e. The Morgan fingerprint density at radius 1 is 0.952 bits per heavy atom. The highest BCUT2D eigenvalue weighted by Crippen LogP contribution is 2.32. The van der Waals surface area contributed by atoms with E-state index < -0.39 is 0 Å². The lowest BCUT2D eigenvalue weighted by Crippen LogP contribution is -2.13. The molecule has 4 heteroatoms. The van der Waals surface area contributed by atoms with E-state index in [0.717, 1.165) is 16.8 Å².